The first kappa shape index (κ1) is 22.9. The molecule has 0 aliphatic rings. The van der Waals surface area contributed by atoms with Gasteiger partial charge in [0.25, 0.3) is 10.0 Å². The number of hydrogen-bond acceptors (Lipinski definition) is 5. The van der Waals surface area contributed by atoms with E-state index in [4.69, 9.17) is 9.47 Å². The highest BCUT2D eigenvalue weighted by atomic mass is 32.2. The first-order valence-electron chi connectivity index (χ1n) is 9.88. The molecule has 0 atom stereocenters. The molecular weight excluding hydrogens is 428 g/mol. The van der Waals surface area contributed by atoms with E-state index in [1.54, 1.807) is 49.6 Å². The van der Waals surface area contributed by atoms with Crippen molar-refractivity contribution in [3.05, 3.63) is 84.4 Å². The lowest BCUT2D eigenvalue weighted by Gasteiger charge is -2.10. The van der Waals surface area contributed by atoms with Gasteiger partial charge in [0.2, 0.25) is 5.91 Å². The molecule has 8 heteroatoms. The monoisotopic (exact) mass is 452 g/mol. The number of benzene rings is 3. The molecule has 0 aliphatic heterocycles. The van der Waals surface area contributed by atoms with E-state index in [1.165, 1.54) is 30.3 Å². The number of nitrogens with one attached hydrogen (secondary N) is 2. The van der Waals surface area contributed by atoms with Gasteiger partial charge in [0.05, 0.1) is 18.6 Å². The Morgan fingerprint density at radius 2 is 1.47 bits per heavy atom. The highest BCUT2D eigenvalue weighted by Gasteiger charge is 2.14. The van der Waals surface area contributed by atoms with E-state index in [2.05, 4.69) is 10.0 Å². The summed E-state index contributed by atoms with van der Waals surface area (Å²) in [5.41, 5.74) is 1.76. The maximum atomic E-state index is 12.6. The van der Waals surface area contributed by atoms with Gasteiger partial charge in [-0.15, -0.1) is 0 Å². The Kier molecular flexibility index (Phi) is 7.51. The van der Waals surface area contributed by atoms with E-state index in [0.29, 0.717) is 23.7 Å². The fraction of sp³-hybridized carbons (Fsp3) is 0.125. The van der Waals surface area contributed by atoms with Gasteiger partial charge in [0, 0.05) is 17.5 Å². The summed E-state index contributed by atoms with van der Waals surface area (Å²) in [5, 5.41) is 2.70. The van der Waals surface area contributed by atoms with E-state index in [9.17, 15) is 13.2 Å². The molecule has 3 aromatic rings. The van der Waals surface area contributed by atoms with Gasteiger partial charge in [0.15, 0.2) is 0 Å². The Morgan fingerprint density at radius 3 is 2.06 bits per heavy atom. The molecule has 0 saturated heterocycles. The predicted molar refractivity (Wildman–Crippen MR) is 126 cm³/mol. The minimum Gasteiger partial charge on any atom is -0.497 e. The number of rotatable bonds is 9. The number of anilines is 2. The summed E-state index contributed by atoms with van der Waals surface area (Å²) in [6.07, 6.45) is 3.08. The van der Waals surface area contributed by atoms with E-state index in [1.807, 2.05) is 19.1 Å². The molecule has 2 N–H and O–H groups in total. The quantitative estimate of drug-likeness (QED) is 0.465. The van der Waals surface area contributed by atoms with Crippen LogP contribution in [0.5, 0.6) is 11.5 Å². The lowest BCUT2D eigenvalue weighted by atomic mass is 10.2. The summed E-state index contributed by atoms with van der Waals surface area (Å²) >= 11 is 0. The molecule has 3 aromatic carbocycles. The minimum absolute atomic E-state index is 0.0816. The fourth-order valence-corrected chi connectivity index (χ4v) is 3.85. The first-order chi connectivity index (χ1) is 15.4. The second kappa shape index (κ2) is 10.5. The summed E-state index contributed by atoms with van der Waals surface area (Å²) < 4.78 is 38.2. The molecule has 32 heavy (non-hydrogen) atoms. The number of carbonyl (C=O) groups is 1. The van der Waals surface area contributed by atoms with Gasteiger partial charge < -0.3 is 14.8 Å². The number of amides is 1. The molecule has 0 spiro atoms. The highest BCUT2D eigenvalue weighted by molar-refractivity contribution is 7.92. The third kappa shape index (κ3) is 6.36. The third-order valence-electron chi connectivity index (χ3n) is 4.39. The molecule has 0 radical (unpaired) electrons. The van der Waals surface area contributed by atoms with Crippen LogP contribution in [-0.2, 0) is 14.8 Å². The highest BCUT2D eigenvalue weighted by Crippen LogP contribution is 2.21. The summed E-state index contributed by atoms with van der Waals surface area (Å²) in [7, 11) is -2.18. The van der Waals surface area contributed by atoms with Crippen molar-refractivity contribution in [2.45, 2.75) is 11.8 Å². The molecule has 0 heterocycles. The van der Waals surface area contributed by atoms with Gasteiger partial charge in [0.1, 0.15) is 11.5 Å². The summed E-state index contributed by atoms with van der Waals surface area (Å²) in [4.78, 5) is 12.2. The van der Waals surface area contributed by atoms with E-state index in [0.717, 1.165) is 11.3 Å². The zero-order valence-electron chi connectivity index (χ0n) is 17.7. The van der Waals surface area contributed by atoms with Crippen molar-refractivity contribution in [3.63, 3.8) is 0 Å². The molecule has 0 unspecified atom stereocenters. The van der Waals surface area contributed by atoms with Crippen molar-refractivity contribution >= 4 is 33.4 Å². The topological polar surface area (TPSA) is 93.7 Å². The average Bonchev–Trinajstić information content (AvgIpc) is 2.80. The molecule has 0 bridgehead atoms. The molecule has 7 nitrogen and oxygen atoms in total. The summed E-state index contributed by atoms with van der Waals surface area (Å²) in [5.74, 6) is 1.07. The van der Waals surface area contributed by atoms with E-state index >= 15 is 0 Å². The van der Waals surface area contributed by atoms with Crippen molar-refractivity contribution in [2.24, 2.45) is 0 Å². The second-order valence-corrected chi connectivity index (χ2v) is 8.37. The molecule has 3 rings (SSSR count). The average molecular weight is 453 g/mol. The zero-order chi connectivity index (χ0) is 23.0. The Labute approximate surface area is 187 Å². The van der Waals surface area contributed by atoms with Gasteiger partial charge in [-0.25, -0.2) is 8.42 Å². The van der Waals surface area contributed by atoms with Crippen LogP contribution in [-0.4, -0.2) is 28.0 Å². The van der Waals surface area contributed by atoms with Crippen molar-refractivity contribution in [1.29, 1.82) is 0 Å². The van der Waals surface area contributed by atoms with Crippen LogP contribution in [0.3, 0.4) is 0 Å². The van der Waals surface area contributed by atoms with Gasteiger partial charge >= 0.3 is 0 Å². The van der Waals surface area contributed by atoms with Gasteiger partial charge in [-0.05, 0) is 79.2 Å². The number of hydrogen-bond donors (Lipinski definition) is 2. The minimum atomic E-state index is -3.76. The maximum Gasteiger partial charge on any atom is 0.261 e. The van der Waals surface area contributed by atoms with Crippen LogP contribution in [0, 0.1) is 0 Å². The van der Waals surface area contributed by atoms with Crippen molar-refractivity contribution in [2.75, 3.05) is 23.8 Å². The predicted octanol–water partition coefficient (Wildman–Crippen LogP) is 4.55. The van der Waals surface area contributed by atoms with Crippen LogP contribution in [0.4, 0.5) is 11.4 Å². The van der Waals surface area contributed by atoms with Crippen LogP contribution in [0.15, 0.2) is 83.8 Å². The molecule has 0 saturated carbocycles. The molecule has 0 aliphatic carbocycles. The van der Waals surface area contributed by atoms with Gasteiger partial charge in [-0.1, -0.05) is 12.1 Å². The fourth-order valence-electron chi connectivity index (χ4n) is 2.79. The molecule has 1 amide bonds. The smallest absolute Gasteiger partial charge is 0.261 e. The molecule has 0 fully saturated rings. The van der Waals surface area contributed by atoms with Gasteiger partial charge in [-0.2, -0.15) is 0 Å². The Balaban J connectivity index is 1.60. The number of carbonyl (C=O) groups excluding carboxylic acids is 1. The second-order valence-electron chi connectivity index (χ2n) is 6.68. The van der Waals surface area contributed by atoms with Crippen molar-refractivity contribution in [1.82, 2.24) is 0 Å². The summed E-state index contributed by atoms with van der Waals surface area (Å²) in [6.45, 7) is 2.41. The Hall–Kier alpha value is -3.78. The van der Waals surface area contributed by atoms with Crippen LogP contribution in [0.2, 0.25) is 0 Å². The van der Waals surface area contributed by atoms with Crippen molar-refractivity contribution < 1.29 is 22.7 Å². The normalized spacial score (nSPS) is 11.2. The number of methoxy groups -OCH3 is 1. The Bertz CT molecular complexity index is 1170. The van der Waals surface area contributed by atoms with Crippen LogP contribution < -0.4 is 19.5 Å². The molecular formula is C24H24N2O5S. The number of ether oxygens (including phenoxy) is 2. The SMILES string of the molecule is CCOc1ccc(NS(=O)(=O)c2ccc(NC(=O)/C=C\c3ccc(OC)cc3)cc2)cc1. The van der Waals surface area contributed by atoms with E-state index in [-0.39, 0.29) is 10.8 Å². The van der Waals surface area contributed by atoms with Gasteiger partial charge in [-0.3, -0.25) is 9.52 Å². The van der Waals surface area contributed by atoms with Crippen LogP contribution >= 0.6 is 0 Å². The largest absolute Gasteiger partial charge is 0.497 e. The first-order valence-corrected chi connectivity index (χ1v) is 11.4. The summed E-state index contributed by atoms with van der Waals surface area (Å²) in [6, 6.07) is 19.9. The van der Waals surface area contributed by atoms with Crippen molar-refractivity contribution in [3.8, 4) is 11.5 Å². The van der Waals surface area contributed by atoms with Crippen LogP contribution in [0.1, 0.15) is 12.5 Å². The van der Waals surface area contributed by atoms with Crippen LogP contribution in [0.25, 0.3) is 6.08 Å². The third-order valence-corrected chi connectivity index (χ3v) is 5.79. The Morgan fingerprint density at radius 1 is 0.875 bits per heavy atom. The molecule has 0 aromatic heterocycles. The molecule has 166 valence electrons. The number of sulfonamides is 1. The zero-order valence-corrected chi connectivity index (χ0v) is 18.6. The maximum absolute atomic E-state index is 12.6. The van der Waals surface area contributed by atoms with E-state index < -0.39 is 10.0 Å². The lowest BCUT2D eigenvalue weighted by Crippen LogP contribution is -2.13. The standard InChI is InChI=1S/C24H24N2O5S/c1-3-31-22-13-7-20(8-14-22)26-32(28,29)23-15-9-19(10-16-23)25-24(27)17-6-18-4-11-21(30-2)12-5-18/h4-17,26H,3H2,1-2H3,(H,25,27)/b17-6-. The lowest BCUT2D eigenvalue weighted by molar-refractivity contribution is -0.111.